The van der Waals surface area contributed by atoms with Gasteiger partial charge in [-0.15, -0.1) is 0 Å². The van der Waals surface area contributed by atoms with Gasteiger partial charge in [0.1, 0.15) is 6.33 Å². The molecular weight excluding hydrogens is 250 g/mol. The third kappa shape index (κ3) is 1.82. The molecule has 0 fully saturated rings. The van der Waals surface area contributed by atoms with Crippen LogP contribution in [-0.2, 0) is 11.3 Å². The second-order valence-electron chi connectivity index (χ2n) is 3.99. The number of carboxylic acid groups (broad SMARTS) is 1. The van der Waals surface area contributed by atoms with Gasteiger partial charge in [-0.3, -0.25) is 9.59 Å². The largest absolute Gasteiger partial charge is 0.481 e. The second-order valence-corrected chi connectivity index (χ2v) is 3.99. The highest BCUT2D eigenvalue weighted by Crippen LogP contribution is 2.08. The van der Waals surface area contributed by atoms with Crippen molar-refractivity contribution in [2.45, 2.75) is 13.0 Å². The van der Waals surface area contributed by atoms with Gasteiger partial charge in [0.2, 0.25) is 0 Å². The van der Waals surface area contributed by atoms with Crippen molar-refractivity contribution in [3.63, 3.8) is 0 Å². The molecule has 0 aliphatic rings. The summed E-state index contributed by atoms with van der Waals surface area (Å²) >= 11 is 0. The van der Waals surface area contributed by atoms with Crippen LogP contribution in [0.2, 0.25) is 0 Å². The van der Waals surface area contributed by atoms with Crippen molar-refractivity contribution >= 4 is 22.6 Å². The third-order valence-electron chi connectivity index (χ3n) is 2.81. The predicted molar refractivity (Wildman–Crippen MR) is 64.8 cm³/mol. The number of nitrogens with zero attached hydrogens (tertiary/aromatic N) is 5. The average Bonchev–Trinajstić information content (AvgIpc) is 2.86. The third-order valence-corrected chi connectivity index (χ3v) is 2.81. The first-order chi connectivity index (χ1) is 9.16. The summed E-state index contributed by atoms with van der Waals surface area (Å²) < 4.78 is 2.82. The van der Waals surface area contributed by atoms with E-state index in [0.29, 0.717) is 16.7 Å². The van der Waals surface area contributed by atoms with Gasteiger partial charge in [0.25, 0.3) is 11.3 Å². The van der Waals surface area contributed by atoms with Crippen molar-refractivity contribution in [3.8, 4) is 0 Å². The van der Waals surface area contributed by atoms with Crippen LogP contribution in [0.1, 0.15) is 6.42 Å². The summed E-state index contributed by atoms with van der Waals surface area (Å²) in [7, 11) is 0. The molecule has 0 spiro atoms. The number of aromatic nitrogens is 5. The van der Waals surface area contributed by atoms with E-state index in [1.165, 1.54) is 21.6 Å². The number of hydrogen-bond donors (Lipinski definition) is 1. The highest BCUT2D eigenvalue weighted by Gasteiger charge is 2.09. The Bertz CT molecular complexity index is 835. The molecule has 0 saturated heterocycles. The molecule has 0 aliphatic carbocycles. The monoisotopic (exact) mass is 259 g/mol. The fourth-order valence-corrected chi connectivity index (χ4v) is 1.90. The van der Waals surface area contributed by atoms with E-state index >= 15 is 0 Å². The van der Waals surface area contributed by atoms with Crippen LogP contribution in [0.25, 0.3) is 16.7 Å². The molecule has 96 valence electrons. The smallest absolute Gasteiger partial charge is 0.305 e. The summed E-state index contributed by atoms with van der Waals surface area (Å²) in [5, 5.41) is 13.0. The molecule has 0 saturated carbocycles. The molecule has 0 aromatic carbocycles. The van der Waals surface area contributed by atoms with E-state index in [0.717, 1.165) is 0 Å². The quantitative estimate of drug-likeness (QED) is 0.705. The van der Waals surface area contributed by atoms with Gasteiger partial charge in [-0.25, -0.2) is 4.98 Å². The first-order valence-electron chi connectivity index (χ1n) is 5.56. The van der Waals surface area contributed by atoms with Crippen molar-refractivity contribution in [1.29, 1.82) is 0 Å². The minimum absolute atomic E-state index is 0.107. The van der Waals surface area contributed by atoms with Crippen LogP contribution in [0.5, 0.6) is 0 Å². The molecule has 3 aromatic heterocycles. The molecule has 3 aromatic rings. The Kier molecular flexibility index (Phi) is 2.48. The molecule has 0 aliphatic heterocycles. The van der Waals surface area contributed by atoms with Crippen LogP contribution in [0, 0.1) is 0 Å². The van der Waals surface area contributed by atoms with Gasteiger partial charge in [0.05, 0.1) is 17.3 Å². The highest BCUT2D eigenvalue weighted by molar-refractivity contribution is 5.78. The maximum absolute atomic E-state index is 12.2. The maximum atomic E-state index is 12.2. The lowest BCUT2D eigenvalue weighted by Crippen LogP contribution is -2.21. The fraction of sp³-hybridized carbons (Fsp3) is 0.182. The molecule has 0 unspecified atom stereocenters. The number of carboxylic acids is 1. The van der Waals surface area contributed by atoms with E-state index in [-0.39, 0.29) is 18.5 Å². The van der Waals surface area contributed by atoms with Crippen molar-refractivity contribution < 1.29 is 9.90 Å². The van der Waals surface area contributed by atoms with E-state index in [1.54, 1.807) is 12.3 Å². The number of aryl methyl sites for hydroxylation is 1. The zero-order chi connectivity index (χ0) is 13.4. The Morgan fingerprint density at radius 1 is 1.37 bits per heavy atom. The standard InChI is InChI=1S/C11H9N5O3/c17-9(18)2-4-15-3-1-8-7(10(15)19)5-12-11-13-6-14-16(8)11/h1,3,5-6H,2,4H2,(H,17,18). The van der Waals surface area contributed by atoms with E-state index in [2.05, 4.69) is 15.1 Å². The maximum Gasteiger partial charge on any atom is 0.305 e. The number of rotatable bonds is 3. The first-order valence-corrected chi connectivity index (χ1v) is 5.56. The Balaban J connectivity index is 2.19. The number of carbonyl (C=O) groups is 1. The van der Waals surface area contributed by atoms with Crippen molar-refractivity contribution in [3.05, 3.63) is 35.1 Å². The van der Waals surface area contributed by atoms with Crippen LogP contribution in [-0.4, -0.2) is 35.2 Å². The van der Waals surface area contributed by atoms with E-state index in [4.69, 9.17) is 5.11 Å². The van der Waals surface area contributed by atoms with Crippen LogP contribution < -0.4 is 5.56 Å². The van der Waals surface area contributed by atoms with Crippen molar-refractivity contribution in [2.24, 2.45) is 0 Å². The van der Waals surface area contributed by atoms with Gasteiger partial charge in [0, 0.05) is 18.9 Å². The molecule has 3 heterocycles. The summed E-state index contributed by atoms with van der Waals surface area (Å²) in [6.07, 6.45) is 4.23. The molecule has 8 nitrogen and oxygen atoms in total. The molecule has 19 heavy (non-hydrogen) atoms. The molecule has 0 radical (unpaired) electrons. The predicted octanol–water partition coefficient (Wildman–Crippen LogP) is -0.0861. The summed E-state index contributed by atoms with van der Waals surface area (Å²) in [6, 6.07) is 1.70. The lowest BCUT2D eigenvalue weighted by atomic mass is 10.3. The van der Waals surface area contributed by atoms with Crippen LogP contribution in [0.15, 0.2) is 29.6 Å². The SMILES string of the molecule is O=C(O)CCn1ccc2c(cnc3ncnn32)c1=O. The zero-order valence-electron chi connectivity index (χ0n) is 9.72. The van der Waals surface area contributed by atoms with Gasteiger partial charge in [-0.2, -0.15) is 14.6 Å². The normalized spacial score (nSPS) is 11.2. The van der Waals surface area contributed by atoms with Gasteiger partial charge in [-0.05, 0) is 6.07 Å². The molecule has 3 rings (SSSR count). The topological polar surface area (TPSA) is 102 Å². The Labute approximate surface area is 106 Å². The minimum atomic E-state index is -0.947. The van der Waals surface area contributed by atoms with Crippen LogP contribution in [0.3, 0.4) is 0 Å². The van der Waals surface area contributed by atoms with E-state index < -0.39 is 5.97 Å². The van der Waals surface area contributed by atoms with Crippen LogP contribution >= 0.6 is 0 Å². The molecule has 0 bridgehead atoms. The van der Waals surface area contributed by atoms with Gasteiger partial charge >= 0.3 is 5.97 Å². The second kappa shape index (κ2) is 4.16. The lowest BCUT2D eigenvalue weighted by Gasteiger charge is -2.05. The molecule has 0 atom stereocenters. The van der Waals surface area contributed by atoms with Gasteiger partial charge in [0.15, 0.2) is 0 Å². The lowest BCUT2D eigenvalue weighted by molar-refractivity contribution is -0.137. The van der Waals surface area contributed by atoms with Crippen LogP contribution in [0.4, 0.5) is 0 Å². The fourth-order valence-electron chi connectivity index (χ4n) is 1.90. The number of hydrogen-bond acceptors (Lipinski definition) is 5. The summed E-state index contributed by atoms with van der Waals surface area (Å²) in [5.74, 6) is -0.535. The van der Waals surface area contributed by atoms with E-state index in [9.17, 15) is 9.59 Å². The van der Waals surface area contributed by atoms with Crippen molar-refractivity contribution in [2.75, 3.05) is 0 Å². The molecule has 8 heteroatoms. The van der Waals surface area contributed by atoms with Gasteiger partial charge in [-0.1, -0.05) is 0 Å². The average molecular weight is 259 g/mol. The summed E-state index contributed by atoms with van der Waals surface area (Å²) in [5.41, 5.74) is 0.308. The Morgan fingerprint density at radius 2 is 2.21 bits per heavy atom. The molecular formula is C11H9N5O3. The number of fused-ring (bicyclic) bond motifs is 3. The first kappa shape index (κ1) is 11.3. The summed E-state index contributed by atoms with van der Waals surface area (Å²) in [6.45, 7) is 0.125. The number of pyridine rings is 1. The Hall–Kier alpha value is -2.77. The summed E-state index contributed by atoms with van der Waals surface area (Å²) in [4.78, 5) is 30.7. The Morgan fingerprint density at radius 3 is 3.00 bits per heavy atom. The van der Waals surface area contributed by atoms with Crippen molar-refractivity contribution in [1.82, 2.24) is 24.1 Å². The van der Waals surface area contributed by atoms with Gasteiger partial charge < -0.3 is 9.67 Å². The molecule has 1 N–H and O–H groups in total. The minimum Gasteiger partial charge on any atom is -0.481 e. The van der Waals surface area contributed by atoms with E-state index in [1.807, 2.05) is 0 Å². The number of aliphatic carboxylic acids is 1. The zero-order valence-corrected chi connectivity index (χ0v) is 9.72. The molecule has 0 amide bonds. The highest BCUT2D eigenvalue weighted by atomic mass is 16.4.